The standard InChI is InChI=1S/C12H15Br2NOS/c1-8-3-2-4-15(6-8)7-10(16)9-5-11(13)17-12(9)14/h5,8H,2-4,6-7H2,1H3. The van der Waals surface area contributed by atoms with Crippen LogP contribution in [-0.2, 0) is 0 Å². The molecule has 2 heterocycles. The van der Waals surface area contributed by atoms with Crippen LogP contribution in [0.15, 0.2) is 13.6 Å². The molecule has 1 saturated heterocycles. The number of Topliss-reactive ketones (excluding diaryl/α,β-unsaturated/α-hetero) is 1. The van der Waals surface area contributed by atoms with Crippen LogP contribution in [0.5, 0.6) is 0 Å². The third kappa shape index (κ3) is 3.63. The van der Waals surface area contributed by atoms with Crippen LogP contribution in [0.2, 0.25) is 0 Å². The lowest BCUT2D eigenvalue weighted by Gasteiger charge is -2.30. The second-order valence-corrected chi connectivity index (χ2v) is 8.39. The number of halogens is 2. The van der Waals surface area contributed by atoms with E-state index in [4.69, 9.17) is 0 Å². The lowest BCUT2D eigenvalue weighted by Crippen LogP contribution is -2.37. The summed E-state index contributed by atoms with van der Waals surface area (Å²) in [4.78, 5) is 14.4. The van der Waals surface area contributed by atoms with E-state index in [0.29, 0.717) is 12.5 Å². The number of carbonyl (C=O) groups excluding carboxylic acids is 1. The van der Waals surface area contributed by atoms with Crippen molar-refractivity contribution in [3.8, 4) is 0 Å². The van der Waals surface area contributed by atoms with Crippen molar-refractivity contribution in [1.82, 2.24) is 4.90 Å². The molecule has 1 atom stereocenters. The quantitative estimate of drug-likeness (QED) is 0.732. The van der Waals surface area contributed by atoms with Gasteiger partial charge in [-0.15, -0.1) is 11.3 Å². The highest BCUT2D eigenvalue weighted by Gasteiger charge is 2.21. The molecular formula is C12H15Br2NOS. The molecule has 1 aromatic heterocycles. The van der Waals surface area contributed by atoms with Gasteiger partial charge in [0.2, 0.25) is 0 Å². The highest BCUT2D eigenvalue weighted by Crippen LogP contribution is 2.32. The van der Waals surface area contributed by atoms with Gasteiger partial charge in [-0.1, -0.05) is 6.92 Å². The van der Waals surface area contributed by atoms with Crippen LogP contribution in [0.1, 0.15) is 30.1 Å². The Morgan fingerprint density at radius 2 is 2.35 bits per heavy atom. The van der Waals surface area contributed by atoms with E-state index in [2.05, 4.69) is 43.7 Å². The SMILES string of the molecule is CC1CCCN(CC(=O)c2cc(Br)sc2Br)C1. The minimum atomic E-state index is 0.216. The van der Waals surface area contributed by atoms with E-state index in [-0.39, 0.29) is 5.78 Å². The Kier molecular flexibility index (Phi) is 4.80. The van der Waals surface area contributed by atoms with E-state index < -0.39 is 0 Å². The molecule has 0 amide bonds. The first-order chi connectivity index (χ1) is 8.06. The lowest BCUT2D eigenvalue weighted by atomic mass is 10.00. The second kappa shape index (κ2) is 5.95. The fourth-order valence-electron chi connectivity index (χ4n) is 2.25. The predicted octanol–water partition coefficient (Wildman–Crippen LogP) is 4.19. The first kappa shape index (κ1) is 13.7. The van der Waals surface area contributed by atoms with Gasteiger partial charge in [-0.2, -0.15) is 0 Å². The molecule has 0 spiro atoms. The van der Waals surface area contributed by atoms with Gasteiger partial charge in [0.05, 0.1) is 14.1 Å². The Bertz CT molecular complexity index is 419. The van der Waals surface area contributed by atoms with Gasteiger partial charge in [0.15, 0.2) is 5.78 Å². The van der Waals surface area contributed by atoms with Crippen LogP contribution < -0.4 is 0 Å². The summed E-state index contributed by atoms with van der Waals surface area (Å²) in [7, 11) is 0. The van der Waals surface area contributed by atoms with Crippen molar-refractivity contribution in [1.29, 1.82) is 0 Å². The summed E-state index contributed by atoms with van der Waals surface area (Å²) in [6.07, 6.45) is 2.50. The summed E-state index contributed by atoms with van der Waals surface area (Å²) < 4.78 is 1.93. The van der Waals surface area contributed by atoms with Crippen molar-refractivity contribution in [3.63, 3.8) is 0 Å². The monoisotopic (exact) mass is 379 g/mol. The molecule has 0 aliphatic carbocycles. The number of hydrogen-bond donors (Lipinski definition) is 0. The van der Waals surface area contributed by atoms with Gasteiger partial charge in [0.1, 0.15) is 0 Å². The van der Waals surface area contributed by atoms with Crippen LogP contribution in [0.25, 0.3) is 0 Å². The van der Waals surface area contributed by atoms with Gasteiger partial charge in [0, 0.05) is 12.1 Å². The summed E-state index contributed by atoms with van der Waals surface area (Å²) in [5.41, 5.74) is 0.806. The van der Waals surface area contributed by atoms with Crippen LogP contribution >= 0.6 is 43.2 Å². The third-order valence-electron chi connectivity index (χ3n) is 3.07. The van der Waals surface area contributed by atoms with E-state index in [0.717, 1.165) is 26.2 Å². The molecule has 0 saturated carbocycles. The van der Waals surface area contributed by atoms with Crippen molar-refractivity contribution in [2.45, 2.75) is 19.8 Å². The molecule has 1 aliphatic heterocycles. The Labute approximate surface area is 123 Å². The number of hydrogen-bond acceptors (Lipinski definition) is 3. The topological polar surface area (TPSA) is 20.3 Å². The largest absolute Gasteiger partial charge is 0.296 e. The van der Waals surface area contributed by atoms with Gasteiger partial charge >= 0.3 is 0 Å². The molecule has 0 radical (unpaired) electrons. The van der Waals surface area contributed by atoms with E-state index in [9.17, 15) is 4.79 Å². The Hall–Kier alpha value is 0.290. The first-order valence-electron chi connectivity index (χ1n) is 5.76. The Morgan fingerprint density at radius 1 is 1.59 bits per heavy atom. The third-order valence-corrected chi connectivity index (χ3v) is 5.40. The van der Waals surface area contributed by atoms with Gasteiger partial charge in [-0.25, -0.2) is 0 Å². The number of ketones is 1. The molecule has 2 nitrogen and oxygen atoms in total. The molecule has 94 valence electrons. The van der Waals surface area contributed by atoms with E-state index in [1.165, 1.54) is 12.8 Å². The Morgan fingerprint density at radius 3 is 2.94 bits per heavy atom. The molecule has 2 rings (SSSR count). The first-order valence-corrected chi connectivity index (χ1v) is 8.17. The van der Waals surface area contributed by atoms with Gasteiger partial charge in [-0.3, -0.25) is 9.69 Å². The molecule has 0 N–H and O–H groups in total. The molecule has 0 aromatic carbocycles. The van der Waals surface area contributed by atoms with Gasteiger partial charge in [0.25, 0.3) is 0 Å². The summed E-state index contributed by atoms with van der Waals surface area (Å²) in [5.74, 6) is 0.933. The van der Waals surface area contributed by atoms with Gasteiger partial charge < -0.3 is 0 Å². The highest BCUT2D eigenvalue weighted by atomic mass is 79.9. The highest BCUT2D eigenvalue weighted by molar-refractivity contribution is 9.12. The maximum atomic E-state index is 12.2. The molecule has 17 heavy (non-hydrogen) atoms. The van der Waals surface area contributed by atoms with E-state index in [1.807, 2.05) is 6.07 Å². The maximum Gasteiger partial charge on any atom is 0.178 e. The Balaban J connectivity index is 1.99. The molecule has 1 aromatic rings. The minimum Gasteiger partial charge on any atom is -0.296 e. The van der Waals surface area contributed by atoms with E-state index in [1.54, 1.807) is 11.3 Å². The number of rotatable bonds is 3. The molecule has 1 aliphatic rings. The average Bonchev–Trinajstić information content (AvgIpc) is 2.58. The number of piperidine rings is 1. The normalized spacial score (nSPS) is 21.7. The zero-order valence-corrected chi connectivity index (χ0v) is 13.7. The molecule has 0 bridgehead atoms. The zero-order valence-electron chi connectivity index (χ0n) is 9.71. The maximum absolute atomic E-state index is 12.2. The van der Waals surface area contributed by atoms with Crippen LogP contribution in [0.4, 0.5) is 0 Å². The van der Waals surface area contributed by atoms with Crippen molar-refractivity contribution >= 4 is 49.0 Å². The van der Waals surface area contributed by atoms with Crippen molar-refractivity contribution in [3.05, 3.63) is 19.2 Å². The van der Waals surface area contributed by atoms with Crippen LogP contribution in [0, 0.1) is 5.92 Å². The summed E-state index contributed by atoms with van der Waals surface area (Å²) in [6.45, 7) is 4.91. The second-order valence-electron chi connectivity index (χ2n) is 4.64. The lowest BCUT2D eigenvalue weighted by molar-refractivity contribution is 0.0893. The predicted molar refractivity (Wildman–Crippen MR) is 78.9 cm³/mol. The number of nitrogens with zero attached hydrogens (tertiary/aromatic N) is 1. The average molecular weight is 381 g/mol. The molecular weight excluding hydrogens is 366 g/mol. The van der Waals surface area contributed by atoms with Crippen molar-refractivity contribution in [2.75, 3.05) is 19.6 Å². The zero-order chi connectivity index (χ0) is 12.4. The fourth-order valence-corrected chi connectivity index (χ4v) is 5.10. The summed E-state index contributed by atoms with van der Waals surface area (Å²) >= 11 is 8.41. The molecule has 1 fully saturated rings. The van der Waals surface area contributed by atoms with Crippen LogP contribution in [-0.4, -0.2) is 30.3 Å². The molecule has 1 unspecified atom stereocenters. The van der Waals surface area contributed by atoms with Crippen LogP contribution in [0.3, 0.4) is 0 Å². The number of thiophene rings is 1. The van der Waals surface area contributed by atoms with Crippen molar-refractivity contribution in [2.24, 2.45) is 5.92 Å². The van der Waals surface area contributed by atoms with Crippen molar-refractivity contribution < 1.29 is 4.79 Å². The summed E-state index contributed by atoms with van der Waals surface area (Å²) in [6, 6.07) is 1.91. The molecule has 5 heteroatoms. The minimum absolute atomic E-state index is 0.216. The summed E-state index contributed by atoms with van der Waals surface area (Å²) in [5, 5.41) is 0. The van der Waals surface area contributed by atoms with Gasteiger partial charge in [-0.05, 0) is 63.2 Å². The van der Waals surface area contributed by atoms with E-state index >= 15 is 0 Å². The number of carbonyl (C=O) groups is 1. The smallest absolute Gasteiger partial charge is 0.178 e. The number of likely N-dealkylation sites (tertiary alicyclic amines) is 1. The fraction of sp³-hybridized carbons (Fsp3) is 0.583.